The first-order valence-corrected chi connectivity index (χ1v) is 16.3. The lowest BCUT2D eigenvalue weighted by molar-refractivity contribution is 0.471. The Labute approximate surface area is 275 Å². The molecular weight excluding hydrogens is 572 g/mol. The van der Waals surface area contributed by atoms with Crippen LogP contribution in [-0.4, -0.2) is 0 Å². The number of benzene rings is 7. The molecule has 2 aliphatic heterocycles. The average Bonchev–Trinajstić information content (AvgIpc) is 3.11. The number of fused-ring (bicyclic) bond motifs is 5. The number of rotatable bonds is 4. The van der Waals surface area contributed by atoms with Crippen LogP contribution in [0, 0.1) is 6.92 Å². The first-order chi connectivity index (χ1) is 23.0. The SMILES string of the molecule is Cc1cccc2c1N1c3ccccc3C(C)(C)c3c(N(c4ccc(-c5ccccc5)cc4)c4cccc5ccccc45)ccc(c31)O2. The van der Waals surface area contributed by atoms with Gasteiger partial charge in [0.05, 0.1) is 28.4 Å². The maximum Gasteiger partial charge on any atom is 0.152 e. The van der Waals surface area contributed by atoms with Crippen molar-refractivity contribution in [3.05, 3.63) is 168 Å². The molecule has 0 N–H and O–H groups in total. The van der Waals surface area contributed by atoms with Crippen molar-refractivity contribution in [2.24, 2.45) is 0 Å². The summed E-state index contributed by atoms with van der Waals surface area (Å²) in [5, 5.41) is 2.41. The van der Waals surface area contributed by atoms with Gasteiger partial charge in [0, 0.05) is 22.1 Å². The number of ether oxygens (including phenoxy) is 1. The molecule has 0 saturated heterocycles. The molecule has 0 amide bonds. The molecule has 0 aliphatic carbocycles. The van der Waals surface area contributed by atoms with Gasteiger partial charge in [0.2, 0.25) is 0 Å². The van der Waals surface area contributed by atoms with E-state index in [4.69, 9.17) is 4.74 Å². The van der Waals surface area contributed by atoms with Gasteiger partial charge in [-0.25, -0.2) is 0 Å². The van der Waals surface area contributed by atoms with Gasteiger partial charge in [-0.05, 0) is 77.0 Å². The zero-order chi connectivity index (χ0) is 31.7. The predicted octanol–water partition coefficient (Wildman–Crippen LogP) is 12.5. The lowest BCUT2D eigenvalue weighted by atomic mass is 9.72. The molecule has 226 valence electrons. The number of nitrogens with zero attached hydrogens (tertiary/aromatic N) is 2. The minimum Gasteiger partial charge on any atom is -0.453 e. The zero-order valence-corrected chi connectivity index (χ0v) is 26.7. The molecule has 2 heterocycles. The number of hydrogen-bond acceptors (Lipinski definition) is 3. The Bertz CT molecular complexity index is 2320. The van der Waals surface area contributed by atoms with Crippen LogP contribution in [-0.2, 0) is 5.41 Å². The maximum absolute atomic E-state index is 6.73. The van der Waals surface area contributed by atoms with Crippen LogP contribution in [0.25, 0.3) is 21.9 Å². The fraction of sp³-hybridized carbons (Fsp3) is 0.0909. The fourth-order valence-corrected chi connectivity index (χ4v) is 7.72. The molecule has 0 spiro atoms. The minimum absolute atomic E-state index is 0.329. The molecule has 7 aromatic carbocycles. The van der Waals surface area contributed by atoms with Crippen molar-refractivity contribution >= 4 is 44.9 Å². The Balaban J connectivity index is 1.34. The van der Waals surface area contributed by atoms with Crippen LogP contribution in [0.1, 0.15) is 30.5 Å². The third kappa shape index (κ3) is 4.13. The Morgan fingerprint density at radius 2 is 1.23 bits per heavy atom. The van der Waals surface area contributed by atoms with Crippen LogP contribution in [0.15, 0.2) is 152 Å². The lowest BCUT2D eigenvalue weighted by Crippen LogP contribution is -2.34. The van der Waals surface area contributed by atoms with E-state index in [2.05, 4.69) is 182 Å². The molecule has 9 rings (SSSR count). The Morgan fingerprint density at radius 3 is 2.09 bits per heavy atom. The smallest absolute Gasteiger partial charge is 0.152 e. The lowest BCUT2D eigenvalue weighted by Gasteiger charge is -2.47. The highest BCUT2D eigenvalue weighted by Crippen LogP contribution is 2.63. The topological polar surface area (TPSA) is 15.7 Å². The minimum atomic E-state index is -0.329. The van der Waals surface area contributed by atoms with Crippen molar-refractivity contribution in [3.63, 3.8) is 0 Å². The van der Waals surface area contributed by atoms with E-state index in [-0.39, 0.29) is 5.41 Å². The van der Waals surface area contributed by atoms with Crippen LogP contribution in [0.3, 0.4) is 0 Å². The molecule has 2 aliphatic rings. The molecule has 0 radical (unpaired) electrons. The third-order valence-corrected chi connectivity index (χ3v) is 9.91. The zero-order valence-electron chi connectivity index (χ0n) is 26.7. The quantitative estimate of drug-likeness (QED) is 0.198. The molecule has 0 atom stereocenters. The van der Waals surface area contributed by atoms with Gasteiger partial charge in [0.25, 0.3) is 0 Å². The van der Waals surface area contributed by atoms with Crippen LogP contribution in [0.2, 0.25) is 0 Å². The summed E-state index contributed by atoms with van der Waals surface area (Å²) in [5.41, 5.74) is 12.6. The second-order valence-corrected chi connectivity index (χ2v) is 13.1. The van der Waals surface area contributed by atoms with Crippen molar-refractivity contribution in [3.8, 4) is 22.6 Å². The number of aryl methyl sites for hydroxylation is 1. The number of anilines is 6. The third-order valence-electron chi connectivity index (χ3n) is 9.91. The molecule has 3 nitrogen and oxygen atoms in total. The van der Waals surface area contributed by atoms with E-state index >= 15 is 0 Å². The summed E-state index contributed by atoms with van der Waals surface area (Å²) >= 11 is 0. The summed E-state index contributed by atoms with van der Waals surface area (Å²) in [6.07, 6.45) is 0. The van der Waals surface area contributed by atoms with E-state index < -0.39 is 0 Å². The van der Waals surface area contributed by atoms with Crippen LogP contribution >= 0.6 is 0 Å². The largest absolute Gasteiger partial charge is 0.453 e. The van der Waals surface area contributed by atoms with E-state index in [0.29, 0.717) is 0 Å². The van der Waals surface area contributed by atoms with Gasteiger partial charge >= 0.3 is 0 Å². The second-order valence-electron chi connectivity index (χ2n) is 13.1. The number of para-hydroxylation sites is 2. The molecule has 3 heteroatoms. The maximum atomic E-state index is 6.73. The highest BCUT2D eigenvalue weighted by atomic mass is 16.5. The Hall–Kier alpha value is -5.80. The van der Waals surface area contributed by atoms with Gasteiger partial charge in [-0.15, -0.1) is 0 Å². The molecule has 0 aromatic heterocycles. The Kier molecular flexibility index (Phi) is 6.07. The van der Waals surface area contributed by atoms with Crippen LogP contribution < -0.4 is 14.5 Å². The summed E-state index contributed by atoms with van der Waals surface area (Å²) in [6, 6.07) is 54.5. The van der Waals surface area contributed by atoms with Gasteiger partial charge < -0.3 is 14.5 Å². The molecular formula is C44H34N2O. The van der Waals surface area contributed by atoms with Crippen molar-refractivity contribution in [2.45, 2.75) is 26.2 Å². The standard InChI is InChI=1S/C44H34N2O/c1-29-13-11-22-39-42(29)46-37-20-10-9-19-35(37)44(2,3)41-38(27-28-40(47-39)43(41)46)45(36-21-12-17-32-16-7-8-18-34(32)36)33-25-23-31(24-26-33)30-14-5-4-6-15-30/h4-28H,1-3H3. The van der Waals surface area contributed by atoms with Gasteiger partial charge in [0.15, 0.2) is 11.5 Å². The molecule has 0 unspecified atom stereocenters. The number of hydrogen-bond donors (Lipinski definition) is 0. The Morgan fingerprint density at radius 1 is 0.553 bits per heavy atom. The van der Waals surface area contributed by atoms with E-state index in [1.165, 1.54) is 44.3 Å². The van der Waals surface area contributed by atoms with E-state index in [0.717, 1.165) is 39.9 Å². The molecule has 0 bridgehead atoms. The van der Waals surface area contributed by atoms with Gasteiger partial charge in [-0.2, -0.15) is 0 Å². The monoisotopic (exact) mass is 606 g/mol. The van der Waals surface area contributed by atoms with Crippen LogP contribution in [0.5, 0.6) is 11.5 Å². The second kappa shape index (κ2) is 10.4. The van der Waals surface area contributed by atoms with Crippen LogP contribution in [0.4, 0.5) is 34.1 Å². The molecule has 47 heavy (non-hydrogen) atoms. The molecule has 0 fully saturated rings. The van der Waals surface area contributed by atoms with E-state index in [1.54, 1.807) is 0 Å². The van der Waals surface area contributed by atoms with Crippen molar-refractivity contribution in [1.82, 2.24) is 0 Å². The van der Waals surface area contributed by atoms with Crippen molar-refractivity contribution < 1.29 is 4.74 Å². The van der Waals surface area contributed by atoms with E-state index in [9.17, 15) is 0 Å². The fourth-order valence-electron chi connectivity index (χ4n) is 7.72. The highest BCUT2D eigenvalue weighted by Gasteiger charge is 2.44. The summed E-state index contributed by atoms with van der Waals surface area (Å²) in [4.78, 5) is 4.90. The summed E-state index contributed by atoms with van der Waals surface area (Å²) < 4.78 is 6.73. The summed E-state index contributed by atoms with van der Waals surface area (Å²) in [7, 11) is 0. The average molecular weight is 607 g/mol. The van der Waals surface area contributed by atoms with Crippen molar-refractivity contribution in [1.29, 1.82) is 0 Å². The summed E-state index contributed by atoms with van der Waals surface area (Å²) in [5.74, 6) is 1.76. The highest BCUT2D eigenvalue weighted by molar-refractivity contribution is 6.03. The van der Waals surface area contributed by atoms with E-state index in [1.807, 2.05) is 0 Å². The van der Waals surface area contributed by atoms with Crippen molar-refractivity contribution in [2.75, 3.05) is 9.80 Å². The summed E-state index contributed by atoms with van der Waals surface area (Å²) in [6.45, 7) is 6.89. The molecule has 7 aromatic rings. The normalized spacial score (nSPS) is 13.7. The predicted molar refractivity (Wildman–Crippen MR) is 196 cm³/mol. The van der Waals surface area contributed by atoms with Gasteiger partial charge in [-0.3, -0.25) is 0 Å². The van der Waals surface area contributed by atoms with Gasteiger partial charge in [-0.1, -0.05) is 123 Å². The first kappa shape index (κ1) is 27.5. The molecule has 0 saturated carbocycles. The van der Waals surface area contributed by atoms with Gasteiger partial charge in [0.1, 0.15) is 0 Å². The first-order valence-electron chi connectivity index (χ1n) is 16.3.